The Morgan fingerprint density at radius 2 is 2.00 bits per heavy atom. The molecule has 0 spiro atoms. The molecule has 0 radical (unpaired) electrons. The molecule has 3 rings (SSSR count). The van der Waals surface area contributed by atoms with Gasteiger partial charge in [0, 0.05) is 26.7 Å². The first-order valence-electron chi connectivity index (χ1n) is 8.32. The van der Waals surface area contributed by atoms with Gasteiger partial charge in [-0.3, -0.25) is 4.79 Å². The van der Waals surface area contributed by atoms with Gasteiger partial charge >= 0.3 is 0 Å². The first-order chi connectivity index (χ1) is 12.6. The molecule has 0 aliphatic carbocycles. The molecule has 0 atom stereocenters. The van der Waals surface area contributed by atoms with Gasteiger partial charge in [0.15, 0.2) is 5.69 Å². The van der Waals surface area contributed by atoms with Gasteiger partial charge in [0.2, 0.25) is 5.95 Å². The quantitative estimate of drug-likeness (QED) is 0.797. The van der Waals surface area contributed by atoms with Crippen molar-refractivity contribution in [3.05, 3.63) is 46.7 Å². The number of aromatic nitrogens is 2. The number of hydrogen-bond donors (Lipinski definition) is 0. The summed E-state index contributed by atoms with van der Waals surface area (Å²) in [6, 6.07) is 7.57. The number of carbonyl (C=O) groups excluding carboxylic acids is 1. The molecule has 0 saturated carbocycles. The lowest BCUT2D eigenvalue weighted by atomic mass is 10.2. The zero-order valence-electron chi connectivity index (χ0n) is 14.8. The van der Waals surface area contributed by atoms with Crippen molar-refractivity contribution in [2.45, 2.75) is 6.54 Å². The SMILES string of the molecule is COc1ccc(CN(C)C(=O)c2nc(N3CCOCC3)ncc2Cl)cc1. The van der Waals surface area contributed by atoms with Crippen LogP contribution in [0.2, 0.25) is 5.02 Å². The zero-order valence-corrected chi connectivity index (χ0v) is 15.6. The van der Waals surface area contributed by atoms with Crippen LogP contribution in [0.1, 0.15) is 16.1 Å². The molecule has 7 nitrogen and oxygen atoms in total. The van der Waals surface area contributed by atoms with E-state index in [-0.39, 0.29) is 16.6 Å². The molecule has 26 heavy (non-hydrogen) atoms. The number of anilines is 1. The first kappa shape index (κ1) is 18.4. The van der Waals surface area contributed by atoms with Crippen molar-refractivity contribution < 1.29 is 14.3 Å². The lowest BCUT2D eigenvalue weighted by molar-refractivity contribution is 0.0779. The van der Waals surface area contributed by atoms with Crippen molar-refractivity contribution in [1.29, 1.82) is 0 Å². The van der Waals surface area contributed by atoms with Crippen LogP contribution in [0.3, 0.4) is 0 Å². The molecule has 1 amide bonds. The highest BCUT2D eigenvalue weighted by atomic mass is 35.5. The number of rotatable bonds is 5. The molecule has 1 saturated heterocycles. The zero-order chi connectivity index (χ0) is 18.5. The van der Waals surface area contributed by atoms with E-state index in [2.05, 4.69) is 9.97 Å². The second-order valence-electron chi connectivity index (χ2n) is 5.98. The second kappa shape index (κ2) is 8.33. The van der Waals surface area contributed by atoms with E-state index >= 15 is 0 Å². The van der Waals surface area contributed by atoms with Crippen molar-refractivity contribution in [1.82, 2.24) is 14.9 Å². The van der Waals surface area contributed by atoms with Crippen LogP contribution in [-0.4, -0.2) is 61.2 Å². The normalized spacial score (nSPS) is 14.2. The Labute approximate surface area is 157 Å². The van der Waals surface area contributed by atoms with Gasteiger partial charge in [-0.2, -0.15) is 0 Å². The molecule has 0 unspecified atom stereocenters. The van der Waals surface area contributed by atoms with E-state index in [1.54, 1.807) is 19.1 Å². The summed E-state index contributed by atoms with van der Waals surface area (Å²) >= 11 is 6.18. The van der Waals surface area contributed by atoms with Crippen LogP contribution in [0.25, 0.3) is 0 Å². The minimum Gasteiger partial charge on any atom is -0.497 e. The van der Waals surface area contributed by atoms with Gasteiger partial charge in [0.25, 0.3) is 5.91 Å². The molecule has 1 fully saturated rings. The Morgan fingerprint density at radius 1 is 1.31 bits per heavy atom. The van der Waals surface area contributed by atoms with Gasteiger partial charge in [0.05, 0.1) is 31.5 Å². The number of ether oxygens (including phenoxy) is 2. The molecular formula is C18H21ClN4O3. The summed E-state index contributed by atoms with van der Waals surface area (Å²) in [6.45, 7) is 3.06. The second-order valence-corrected chi connectivity index (χ2v) is 6.38. The molecule has 8 heteroatoms. The van der Waals surface area contributed by atoms with Crippen LogP contribution in [0.15, 0.2) is 30.5 Å². The molecular weight excluding hydrogens is 356 g/mol. The van der Waals surface area contributed by atoms with Crippen molar-refractivity contribution in [3.8, 4) is 5.75 Å². The standard InChI is InChI=1S/C18H21ClN4O3/c1-22(12-13-3-5-14(25-2)6-4-13)17(24)16-15(19)11-20-18(21-16)23-7-9-26-10-8-23/h3-6,11H,7-10,12H2,1-2H3. The van der Waals surface area contributed by atoms with Crippen LogP contribution in [0.5, 0.6) is 5.75 Å². The van der Waals surface area contributed by atoms with Gasteiger partial charge in [-0.1, -0.05) is 23.7 Å². The Hall–Kier alpha value is -2.38. The molecule has 2 aromatic rings. The van der Waals surface area contributed by atoms with Crippen LogP contribution in [-0.2, 0) is 11.3 Å². The van der Waals surface area contributed by atoms with Gasteiger partial charge in [-0.05, 0) is 17.7 Å². The highest BCUT2D eigenvalue weighted by Crippen LogP contribution is 2.20. The summed E-state index contributed by atoms with van der Waals surface area (Å²) in [7, 11) is 3.34. The Bertz CT molecular complexity index is 764. The molecule has 1 aliphatic rings. The summed E-state index contributed by atoms with van der Waals surface area (Å²) in [4.78, 5) is 25.0. The average Bonchev–Trinajstić information content (AvgIpc) is 2.69. The summed E-state index contributed by atoms with van der Waals surface area (Å²) in [5.41, 5.74) is 1.19. The predicted octanol–water partition coefficient (Wildman–Crippen LogP) is 2.25. The maximum atomic E-state index is 12.8. The molecule has 1 aromatic heterocycles. The third-order valence-electron chi connectivity index (χ3n) is 4.15. The molecule has 1 aromatic carbocycles. The number of morpholine rings is 1. The van der Waals surface area contributed by atoms with E-state index in [1.807, 2.05) is 29.2 Å². The van der Waals surface area contributed by atoms with Crippen LogP contribution in [0, 0.1) is 0 Å². The maximum absolute atomic E-state index is 12.8. The third-order valence-corrected chi connectivity index (χ3v) is 4.43. The lowest BCUT2D eigenvalue weighted by Crippen LogP contribution is -2.38. The van der Waals surface area contributed by atoms with Gasteiger partial charge in [0.1, 0.15) is 5.75 Å². The van der Waals surface area contributed by atoms with Gasteiger partial charge in [-0.25, -0.2) is 9.97 Å². The van der Waals surface area contributed by atoms with Crippen LogP contribution < -0.4 is 9.64 Å². The Kier molecular flexibility index (Phi) is 5.90. The summed E-state index contributed by atoms with van der Waals surface area (Å²) in [5, 5.41) is 0.244. The monoisotopic (exact) mass is 376 g/mol. The van der Waals surface area contributed by atoms with Crippen LogP contribution >= 0.6 is 11.6 Å². The van der Waals surface area contributed by atoms with E-state index in [0.29, 0.717) is 38.8 Å². The van der Waals surface area contributed by atoms with E-state index in [1.165, 1.54) is 6.20 Å². The van der Waals surface area contributed by atoms with Crippen LogP contribution in [0.4, 0.5) is 5.95 Å². The summed E-state index contributed by atoms with van der Waals surface area (Å²) < 4.78 is 10.5. The van der Waals surface area contributed by atoms with Crippen molar-refractivity contribution in [2.75, 3.05) is 45.4 Å². The van der Waals surface area contributed by atoms with E-state index in [4.69, 9.17) is 21.1 Å². The molecule has 2 heterocycles. The first-order valence-corrected chi connectivity index (χ1v) is 8.70. The van der Waals surface area contributed by atoms with Crippen molar-refractivity contribution in [3.63, 3.8) is 0 Å². The average molecular weight is 377 g/mol. The minimum absolute atomic E-state index is 0.208. The molecule has 0 bridgehead atoms. The summed E-state index contributed by atoms with van der Waals surface area (Å²) in [6.07, 6.45) is 1.48. The summed E-state index contributed by atoms with van der Waals surface area (Å²) in [5.74, 6) is 1.03. The number of carbonyl (C=O) groups is 1. The number of methoxy groups -OCH3 is 1. The largest absolute Gasteiger partial charge is 0.497 e. The minimum atomic E-state index is -0.247. The lowest BCUT2D eigenvalue weighted by Gasteiger charge is -2.27. The van der Waals surface area contributed by atoms with E-state index in [9.17, 15) is 4.79 Å². The fourth-order valence-electron chi connectivity index (χ4n) is 2.68. The fourth-order valence-corrected chi connectivity index (χ4v) is 2.85. The number of halogens is 1. The highest BCUT2D eigenvalue weighted by Gasteiger charge is 2.21. The van der Waals surface area contributed by atoms with Gasteiger partial charge in [-0.15, -0.1) is 0 Å². The fraction of sp³-hybridized carbons (Fsp3) is 0.389. The van der Waals surface area contributed by atoms with E-state index < -0.39 is 0 Å². The van der Waals surface area contributed by atoms with Gasteiger partial charge < -0.3 is 19.3 Å². The molecule has 0 N–H and O–H groups in total. The maximum Gasteiger partial charge on any atom is 0.274 e. The Morgan fingerprint density at radius 3 is 2.65 bits per heavy atom. The predicted molar refractivity (Wildman–Crippen MR) is 98.9 cm³/mol. The number of amides is 1. The van der Waals surface area contributed by atoms with Crippen molar-refractivity contribution >= 4 is 23.5 Å². The van der Waals surface area contributed by atoms with Crippen molar-refractivity contribution in [2.24, 2.45) is 0 Å². The third kappa shape index (κ3) is 4.23. The van der Waals surface area contributed by atoms with E-state index in [0.717, 1.165) is 11.3 Å². The number of benzene rings is 1. The molecule has 1 aliphatic heterocycles. The number of nitrogens with zero attached hydrogens (tertiary/aromatic N) is 4. The number of hydrogen-bond acceptors (Lipinski definition) is 6. The topological polar surface area (TPSA) is 67.8 Å². The smallest absolute Gasteiger partial charge is 0.274 e. The Balaban J connectivity index is 1.74. The molecule has 138 valence electrons. The highest BCUT2D eigenvalue weighted by molar-refractivity contribution is 6.33.